The molecule has 0 bridgehead atoms. The molecule has 97 valence electrons. The molecular weight excluding hydrogens is 939 g/mol. The maximum atomic E-state index is 3.67. The van der Waals surface area contributed by atoms with Gasteiger partial charge in [0.25, 0.3) is 0 Å². The van der Waals surface area contributed by atoms with Crippen LogP contribution in [0.3, 0.4) is 0 Å². The molecule has 0 aliphatic heterocycles. The smallest absolute Gasteiger partial charge is 0.0767 e. The highest BCUT2D eigenvalue weighted by Crippen LogP contribution is 2.71. The molecule has 0 saturated heterocycles. The van der Waals surface area contributed by atoms with Crippen molar-refractivity contribution in [2.24, 2.45) is 0 Å². The molecule has 0 aromatic carbocycles. The monoisotopic (exact) mass is 928 g/mol. The highest BCUT2D eigenvalue weighted by molar-refractivity contribution is 9.42. The lowest BCUT2D eigenvalue weighted by molar-refractivity contribution is 0.714. The molecule has 1 radical (unpaired) electrons. The predicted molar refractivity (Wildman–Crippen MR) is 112 cm³/mol. The van der Waals surface area contributed by atoms with Gasteiger partial charge in [0, 0.05) is 0 Å². The van der Waals surface area contributed by atoms with E-state index in [1.807, 2.05) is 0 Å². The normalized spacial score (nSPS) is 18.8. The van der Waals surface area contributed by atoms with Crippen molar-refractivity contribution in [3.05, 3.63) is 3.74 Å². The second-order valence-corrected chi connectivity index (χ2v) is 23.3. The molecule has 0 N–H and O–H groups in total. The Morgan fingerprint density at radius 2 is 0.875 bits per heavy atom. The fraction of sp³-hybridized carbons (Fsp3) is 0.800. The minimum atomic E-state index is -0.682. The molecule has 0 rings (SSSR count). The van der Waals surface area contributed by atoms with Gasteiger partial charge < -0.3 is 0 Å². The lowest BCUT2D eigenvalue weighted by Crippen LogP contribution is -2.56. The molecule has 0 nitrogen and oxygen atoms in total. The van der Waals surface area contributed by atoms with Gasteiger partial charge in [-0.1, -0.05) is 175 Å². The topological polar surface area (TPSA) is 0 Å². The van der Waals surface area contributed by atoms with Crippen LogP contribution in [0.25, 0.3) is 0 Å². The van der Waals surface area contributed by atoms with E-state index in [1.165, 1.54) is 0 Å². The van der Waals surface area contributed by atoms with Crippen LogP contribution in [-0.4, -0.2) is 11.8 Å². The molecule has 0 fully saturated rings. The SMILES string of the molecule is Br[C](Br)C(Br)(C(Br)(Br)Br)C(Br)(Br)C(Br)(Br)Br. The van der Waals surface area contributed by atoms with Gasteiger partial charge in [-0.25, -0.2) is 0 Å². The van der Waals surface area contributed by atoms with Crippen LogP contribution in [0.1, 0.15) is 0 Å². The zero-order chi connectivity index (χ0) is 13.6. The molecule has 0 saturated carbocycles. The first-order valence-electron chi connectivity index (χ1n) is 3.08. The van der Waals surface area contributed by atoms with Crippen LogP contribution in [0.2, 0.25) is 0 Å². The van der Waals surface area contributed by atoms with Crippen molar-refractivity contribution in [3.8, 4) is 0 Å². The lowest BCUT2D eigenvalue weighted by Gasteiger charge is -2.49. The van der Waals surface area contributed by atoms with Crippen molar-refractivity contribution >= 4 is 175 Å². The summed E-state index contributed by atoms with van der Waals surface area (Å²) in [6, 6.07) is 0. The van der Waals surface area contributed by atoms with E-state index in [2.05, 4.69) is 175 Å². The zero-order valence-electron chi connectivity index (χ0n) is 6.66. The highest BCUT2D eigenvalue weighted by atomic mass is 80.0. The van der Waals surface area contributed by atoms with Crippen molar-refractivity contribution in [1.29, 1.82) is 0 Å². The number of hydrogen-bond donors (Lipinski definition) is 0. The first kappa shape index (κ1) is 21.3. The van der Waals surface area contributed by atoms with Crippen LogP contribution >= 0.6 is 175 Å². The molecule has 0 aromatic rings. The van der Waals surface area contributed by atoms with Gasteiger partial charge in [-0.05, 0) is 0 Å². The molecule has 0 aliphatic carbocycles. The fourth-order valence-corrected chi connectivity index (χ4v) is 10.5. The van der Waals surface area contributed by atoms with Crippen molar-refractivity contribution < 1.29 is 0 Å². The summed E-state index contributed by atoms with van der Waals surface area (Å²) in [5.41, 5.74) is 0. The summed E-state index contributed by atoms with van der Waals surface area (Å²) in [7, 11) is 0. The van der Waals surface area contributed by atoms with Crippen molar-refractivity contribution in [1.82, 2.24) is 0 Å². The lowest BCUT2D eigenvalue weighted by atomic mass is 10.1. The quantitative estimate of drug-likeness (QED) is 0.244. The minimum absolute atomic E-state index is 0.628. The Labute approximate surface area is 187 Å². The third kappa shape index (κ3) is 4.40. The first-order chi connectivity index (χ1) is 6.69. The Morgan fingerprint density at radius 3 is 0.938 bits per heavy atom. The van der Waals surface area contributed by atoms with Crippen LogP contribution in [0.5, 0.6) is 0 Å². The molecular formula is C5Br11. The zero-order valence-corrected chi connectivity index (χ0v) is 24.1. The molecule has 11 heteroatoms. The van der Waals surface area contributed by atoms with E-state index >= 15 is 0 Å². The van der Waals surface area contributed by atoms with E-state index in [1.54, 1.807) is 0 Å². The van der Waals surface area contributed by atoms with E-state index in [9.17, 15) is 0 Å². The van der Waals surface area contributed by atoms with Crippen LogP contribution in [0.15, 0.2) is 0 Å². The standard InChI is InChI=1S/C5Br11/c6-1(7)2(8,4(11,12)13)3(9,10)5(14,15)16. The number of halogens is 11. The fourth-order valence-electron chi connectivity index (χ4n) is 0.599. The van der Waals surface area contributed by atoms with Crippen molar-refractivity contribution in [3.63, 3.8) is 0 Å². The van der Waals surface area contributed by atoms with E-state index < -0.39 is 11.8 Å². The van der Waals surface area contributed by atoms with Crippen LogP contribution in [-0.2, 0) is 0 Å². The van der Waals surface area contributed by atoms with Gasteiger partial charge in [0.15, 0.2) is 4.29 Å². The molecule has 1 atom stereocenters. The van der Waals surface area contributed by atoms with Gasteiger partial charge in [-0.3, -0.25) is 0 Å². The second kappa shape index (κ2) is 7.23. The Hall–Kier alpha value is 5.28. The molecule has 0 amide bonds. The molecule has 0 aliphatic rings. The molecule has 0 aromatic heterocycles. The van der Waals surface area contributed by atoms with E-state index in [0.29, 0.717) is 0 Å². The summed E-state index contributed by atoms with van der Waals surface area (Å²) in [5.74, 6) is 0. The summed E-state index contributed by atoms with van der Waals surface area (Å²) in [4.78, 5) is 0. The summed E-state index contributed by atoms with van der Waals surface area (Å²) in [6.45, 7) is 0. The predicted octanol–water partition coefficient (Wildman–Crippen LogP) is 8.56. The Morgan fingerprint density at radius 1 is 0.562 bits per heavy atom. The van der Waals surface area contributed by atoms with Crippen LogP contribution in [0.4, 0.5) is 0 Å². The number of rotatable bonds is 2. The number of alkyl halides is 9. The Kier molecular flexibility index (Phi) is 9.62. The van der Waals surface area contributed by atoms with E-state index in [-0.39, 0.29) is 0 Å². The third-order valence-electron chi connectivity index (χ3n) is 1.44. The van der Waals surface area contributed by atoms with E-state index in [4.69, 9.17) is 0 Å². The molecule has 0 heterocycles. The molecule has 16 heavy (non-hydrogen) atoms. The van der Waals surface area contributed by atoms with E-state index in [0.717, 1.165) is 3.74 Å². The average molecular weight is 939 g/mol. The summed E-state index contributed by atoms with van der Waals surface area (Å²) < 4.78 is -1.87. The van der Waals surface area contributed by atoms with Gasteiger partial charge >= 0.3 is 0 Å². The maximum Gasteiger partial charge on any atom is 0.161 e. The second-order valence-electron chi connectivity index (χ2n) is 2.49. The third-order valence-corrected chi connectivity index (χ3v) is 17.1. The largest absolute Gasteiger partial charge is 0.161 e. The molecule has 0 spiro atoms. The van der Waals surface area contributed by atoms with Gasteiger partial charge in [0.2, 0.25) is 0 Å². The summed E-state index contributed by atoms with van der Waals surface area (Å²) >= 11 is 38.8. The van der Waals surface area contributed by atoms with Gasteiger partial charge in [-0.15, -0.1) is 0 Å². The summed E-state index contributed by atoms with van der Waals surface area (Å²) in [5, 5.41) is 0. The highest BCUT2D eigenvalue weighted by Gasteiger charge is 2.67. The average Bonchev–Trinajstić information content (AvgIpc) is 1.97. The summed E-state index contributed by atoms with van der Waals surface area (Å²) in [6.07, 6.45) is 0. The maximum absolute atomic E-state index is 3.67. The Balaban J connectivity index is 5.75. The number of hydrogen-bond acceptors (Lipinski definition) is 0. The van der Waals surface area contributed by atoms with Crippen molar-refractivity contribution in [2.45, 2.75) is 11.8 Å². The van der Waals surface area contributed by atoms with Crippen LogP contribution in [0, 0.1) is 3.74 Å². The van der Waals surface area contributed by atoms with Gasteiger partial charge in [-0.2, -0.15) is 0 Å². The Bertz CT molecular complexity index is 246. The first-order valence-corrected chi connectivity index (χ1v) is 11.8. The van der Waals surface area contributed by atoms with Gasteiger partial charge in [0.05, 0.1) is 0 Å². The van der Waals surface area contributed by atoms with Gasteiger partial charge in [0.1, 0.15) is 11.3 Å². The molecule has 1 unspecified atom stereocenters. The van der Waals surface area contributed by atoms with Crippen LogP contribution < -0.4 is 0 Å². The van der Waals surface area contributed by atoms with Crippen molar-refractivity contribution in [2.75, 3.05) is 0 Å². The minimum Gasteiger partial charge on any atom is -0.0767 e.